The molecule has 2 nitrogen and oxygen atoms in total. The highest BCUT2D eigenvalue weighted by Gasteiger charge is 2.20. The van der Waals surface area contributed by atoms with Crippen molar-refractivity contribution in [1.82, 2.24) is 5.32 Å². The zero-order valence-corrected chi connectivity index (χ0v) is 9.01. The van der Waals surface area contributed by atoms with Crippen LogP contribution in [-0.4, -0.2) is 26.8 Å². The lowest BCUT2D eigenvalue weighted by atomic mass is 10.1. The fourth-order valence-electron chi connectivity index (χ4n) is 2.16. The summed E-state index contributed by atoms with van der Waals surface area (Å²) in [6.45, 7) is 5.58. The largest absolute Gasteiger partial charge is 0.385 e. The van der Waals surface area contributed by atoms with Crippen LogP contribution < -0.4 is 5.32 Å². The van der Waals surface area contributed by atoms with Gasteiger partial charge in [0.25, 0.3) is 0 Å². The lowest BCUT2D eigenvalue weighted by Crippen LogP contribution is -2.23. The third-order valence-electron chi connectivity index (χ3n) is 2.94. The van der Waals surface area contributed by atoms with Gasteiger partial charge in [0, 0.05) is 13.7 Å². The molecular weight excluding hydrogens is 162 g/mol. The molecule has 0 amide bonds. The van der Waals surface area contributed by atoms with Gasteiger partial charge in [-0.2, -0.15) is 0 Å². The molecule has 0 saturated heterocycles. The second kappa shape index (κ2) is 6.39. The van der Waals surface area contributed by atoms with E-state index in [0.29, 0.717) is 0 Å². The average Bonchev–Trinajstić information content (AvgIpc) is 2.51. The molecule has 2 unspecified atom stereocenters. The van der Waals surface area contributed by atoms with E-state index in [9.17, 15) is 0 Å². The van der Waals surface area contributed by atoms with Crippen LogP contribution in [0.1, 0.15) is 32.6 Å². The molecular formula is C11H23NO. The van der Waals surface area contributed by atoms with E-state index >= 15 is 0 Å². The maximum absolute atomic E-state index is 4.99. The summed E-state index contributed by atoms with van der Waals surface area (Å²) in [5.41, 5.74) is 0. The highest BCUT2D eigenvalue weighted by atomic mass is 16.5. The Labute approximate surface area is 82.0 Å². The molecule has 1 rings (SSSR count). The highest BCUT2D eigenvalue weighted by Crippen LogP contribution is 2.29. The van der Waals surface area contributed by atoms with Crippen LogP contribution in [0.3, 0.4) is 0 Å². The van der Waals surface area contributed by atoms with Crippen LogP contribution in [0, 0.1) is 11.8 Å². The summed E-state index contributed by atoms with van der Waals surface area (Å²) in [6, 6.07) is 0. The number of nitrogens with one attached hydrogen (secondary N) is 1. The van der Waals surface area contributed by atoms with E-state index in [1.807, 2.05) is 0 Å². The van der Waals surface area contributed by atoms with Crippen LogP contribution in [0.25, 0.3) is 0 Å². The van der Waals surface area contributed by atoms with E-state index < -0.39 is 0 Å². The Kier molecular flexibility index (Phi) is 5.40. The number of hydrogen-bond donors (Lipinski definition) is 1. The minimum Gasteiger partial charge on any atom is -0.385 e. The summed E-state index contributed by atoms with van der Waals surface area (Å²) in [4.78, 5) is 0. The Morgan fingerprint density at radius 2 is 2.23 bits per heavy atom. The molecule has 1 aliphatic carbocycles. The van der Waals surface area contributed by atoms with Crippen LogP contribution in [0.2, 0.25) is 0 Å². The van der Waals surface area contributed by atoms with Gasteiger partial charge in [0.2, 0.25) is 0 Å². The molecule has 78 valence electrons. The van der Waals surface area contributed by atoms with Crippen molar-refractivity contribution in [1.29, 1.82) is 0 Å². The van der Waals surface area contributed by atoms with Crippen molar-refractivity contribution < 1.29 is 4.74 Å². The molecule has 0 aromatic rings. The summed E-state index contributed by atoms with van der Waals surface area (Å²) in [5.74, 6) is 1.91. The molecule has 0 radical (unpaired) electrons. The molecule has 1 fully saturated rings. The fraction of sp³-hybridized carbons (Fsp3) is 1.00. The Balaban J connectivity index is 1.88. The van der Waals surface area contributed by atoms with Gasteiger partial charge in [-0.1, -0.05) is 13.3 Å². The average molecular weight is 185 g/mol. The molecule has 0 spiro atoms. The third kappa shape index (κ3) is 4.63. The van der Waals surface area contributed by atoms with Crippen molar-refractivity contribution >= 4 is 0 Å². The molecule has 0 aromatic carbocycles. The van der Waals surface area contributed by atoms with Gasteiger partial charge < -0.3 is 10.1 Å². The number of methoxy groups -OCH3 is 1. The summed E-state index contributed by atoms with van der Waals surface area (Å²) in [7, 11) is 1.76. The molecule has 13 heavy (non-hydrogen) atoms. The molecule has 1 N–H and O–H groups in total. The van der Waals surface area contributed by atoms with Crippen LogP contribution >= 0.6 is 0 Å². The summed E-state index contributed by atoms with van der Waals surface area (Å²) in [6.07, 6.45) is 5.43. The zero-order valence-electron chi connectivity index (χ0n) is 9.01. The lowest BCUT2D eigenvalue weighted by molar-refractivity contribution is 0.194. The van der Waals surface area contributed by atoms with Gasteiger partial charge in [0.05, 0.1) is 0 Å². The molecule has 1 aliphatic rings. The van der Waals surface area contributed by atoms with Crippen LogP contribution in [0.5, 0.6) is 0 Å². The Bertz CT molecular complexity index is 127. The van der Waals surface area contributed by atoms with Gasteiger partial charge in [-0.25, -0.2) is 0 Å². The first-order valence-corrected chi connectivity index (χ1v) is 5.52. The van der Waals surface area contributed by atoms with Gasteiger partial charge >= 0.3 is 0 Å². The van der Waals surface area contributed by atoms with E-state index in [2.05, 4.69) is 12.2 Å². The molecule has 0 aromatic heterocycles. The van der Waals surface area contributed by atoms with Gasteiger partial charge in [0.15, 0.2) is 0 Å². The first kappa shape index (κ1) is 11.0. The molecule has 2 heteroatoms. The van der Waals surface area contributed by atoms with E-state index in [0.717, 1.165) is 31.4 Å². The smallest absolute Gasteiger partial charge is 0.0474 e. The van der Waals surface area contributed by atoms with Crippen molar-refractivity contribution in [3.8, 4) is 0 Å². The summed E-state index contributed by atoms with van der Waals surface area (Å²) in [5, 5.41) is 3.50. The van der Waals surface area contributed by atoms with Gasteiger partial charge in [-0.15, -0.1) is 0 Å². The van der Waals surface area contributed by atoms with Gasteiger partial charge in [-0.3, -0.25) is 0 Å². The Morgan fingerprint density at radius 3 is 2.85 bits per heavy atom. The number of hydrogen-bond acceptors (Lipinski definition) is 2. The molecule has 0 heterocycles. The second-order valence-corrected chi connectivity index (χ2v) is 4.33. The van der Waals surface area contributed by atoms with Crippen LogP contribution in [0.15, 0.2) is 0 Å². The van der Waals surface area contributed by atoms with Crippen LogP contribution in [0.4, 0.5) is 0 Å². The van der Waals surface area contributed by atoms with Gasteiger partial charge in [-0.05, 0) is 44.2 Å². The topological polar surface area (TPSA) is 21.3 Å². The van der Waals surface area contributed by atoms with Crippen molar-refractivity contribution in [2.45, 2.75) is 32.6 Å². The van der Waals surface area contributed by atoms with E-state index in [4.69, 9.17) is 4.74 Å². The van der Waals surface area contributed by atoms with Crippen LogP contribution in [-0.2, 0) is 4.74 Å². The molecule has 1 saturated carbocycles. The van der Waals surface area contributed by atoms with E-state index in [1.165, 1.54) is 25.8 Å². The zero-order chi connectivity index (χ0) is 9.52. The summed E-state index contributed by atoms with van der Waals surface area (Å²) >= 11 is 0. The number of rotatable bonds is 6. The van der Waals surface area contributed by atoms with Crippen molar-refractivity contribution in [2.75, 3.05) is 26.8 Å². The molecule has 0 bridgehead atoms. The standard InChI is InChI=1S/C11H23NO/c1-10-4-5-11(8-10)9-12-6-3-7-13-2/h10-12H,3-9H2,1-2H3. The SMILES string of the molecule is COCCCNCC1CCC(C)C1. The second-order valence-electron chi connectivity index (χ2n) is 4.33. The van der Waals surface area contributed by atoms with Crippen molar-refractivity contribution in [3.05, 3.63) is 0 Å². The van der Waals surface area contributed by atoms with Gasteiger partial charge in [0.1, 0.15) is 0 Å². The molecule has 0 aliphatic heterocycles. The number of ether oxygens (including phenoxy) is 1. The maximum Gasteiger partial charge on any atom is 0.0474 e. The predicted octanol–water partition coefficient (Wildman–Crippen LogP) is 2.05. The lowest BCUT2D eigenvalue weighted by Gasteiger charge is -2.10. The fourth-order valence-corrected chi connectivity index (χ4v) is 2.16. The third-order valence-corrected chi connectivity index (χ3v) is 2.94. The first-order chi connectivity index (χ1) is 6.33. The quantitative estimate of drug-likeness (QED) is 0.639. The van der Waals surface area contributed by atoms with Crippen molar-refractivity contribution in [2.24, 2.45) is 11.8 Å². The van der Waals surface area contributed by atoms with E-state index in [1.54, 1.807) is 7.11 Å². The van der Waals surface area contributed by atoms with Crippen molar-refractivity contribution in [3.63, 3.8) is 0 Å². The normalized spacial score (nSPS) is 28.2. The predicted molar refractivity (Wildman–Crippen MR) is 55.9 cm³/mol. The highest BCUT2D eigenvalue weighted by molar-refractivity contribution is 4.74. The minimum absolute atomic E-state index is 0.883. The monoisotopic (exact) mass is 185 g/mol. The Hall–Kier alpha value is -0.0800. The first-order valence-electron chi connectivity index (χ1n) is 5.52. The summed E-state index contributed by atoms with van der Waals surface area (Å²) < 4.78 is 4.99. The maximum atomic E-state index is 4.99. The van der Waals surface area contributed by atoms with E-state index in [-0.39, 0.29) is 0 Å². The minimum atomic E-state index is 0.883. The Morgan fingerprint density at radius 1 is 1.38 bits per heavy atom. The molecule has 2 atom stereocenters.